The van der Waals surface area contributed by atoms with Crippen molar-refractivity contribution in [2.45, 2.75) is 26.1 Å². The maximum absolute atomic E-state index is 13.2. The first-order valence-electron chi connectivity index (χ1n) is 4.45. The second-order valence-electron chi connectivity index (χ2n) is 3.50. The number of halogens is 5. The summed E-state index contributed by atoms with van der Waals surface area (Å²) < 4.78 is 65.3. The maximum Gasteiger partial charge on any atom is 0.573 e. The number of hydrogen-bond acceptors (Lipinski definition) is 1. The van der Waals surface area contributed by atoms with E-state index in [1.54, 1.807) is 0 Å². The molecule has 1 rings (SSSR count). The van der Waals surface area contributed by atoms with Gasteiger partial charge in [0.25, 0.3) is 0 Å². The molecule has 0 saturated heterocycles. The van der Waals surface area contributed by atoms with E-state index >= 15 is 0 Å². The molecule has 0 aromatic heterocycles. The molecule has 0 fully saturated rings. The van der Waals surface area contributed by atoms with Gasteiger partial charge in [-0.05, 0) is 5.92 Å². The lowest BCUT2D eigenvalue weighted by Crippen LogP contribution is -2.17. The number of ether oxygens (including phenoxy) is 1. The molecule has 0 N–H and O–H groups in total. The second kappa shape index (κ2) is 4.27. The van der Waals surface area contributed by atoms with Crippen LogP contribution in [0.5, 0.6) is 5.75 Å². The van der Waals surface area contributed by atoms with Crippen LogP contribution in [0.4, 0.5) is 22.0 Å². The van der Waals surface area contributed by atoms with E-state index in [9.17, 15) is 22.0 Å². The monoisotopic (exact) mass is 240 g/mol. The summed E-state index contributed by atoms with van der Waals surface area (Å²) in [5.74, 6) is -3.45. The SMILES string of the molecule is CC(C)c1c(F)cc(OC(F)(F)F)cc1F. The molecule has 0 aliphatic carbocycles. The van der Waals surface area contributed by atoms with Crippen LogP contribution >= 0.6 is 0 Å². The molecular weight excluding hydrogens is 231 g/mol. The Morgan fingerprint density at radius 1 is 1.06 bits per heavy atom. The first kappa shape index (κ1) is 12.7. The third kappa shape index (κ3) is 3.08. The van der Waals surface area contributed by atoms with Gasteiger partial charge in [0.05, 0.1) is 0 Å². The Labute approximate surface area is 88.8 Å². The van der Waals surface area contributed by atoms with Gasteiger partial charge in [0, 0.05) is 17.7 Å². The van der Waals surface area contributed by atoms with Crippen LogP contribution < -0.4 is 4.74 Å². The van der Waals surface area contributed by atoms with Crippen LogP contribution in [0.1, 0.15) is 25.3 Å². The number of alkyl halides is 3. The topological polar surface area (TPSA) is 9.23 Å². The van der Waals surface area contributed by atoms with E-state index in [1.165, 1.54) is 13.8 Å². The van der Waals surface area contributed by atoms with Crippen molar-refractivity contribution in [2.24, 2.45) is 0 Å². The van der Waals surface area contributed by atoms with Crippen molar-refractivity contribution < 1.29 is 26.7 Å². The first-order chi connectivity index (χ1) is 7.20. The van der Waals surface area contributed by atoms with Crippen LogP contribution in [0.2, 0.25) is 0 Å². The summed E-state index contributed by atoms with van der Waals surface area (Å²) in [6.07, 6.45) is -4.96. The zero-order valence-corrected chi connectivity index (χ0v) is 8.53. The highest BCUT2D eigenvalue weighted by Crippen LogP contribution is 2.29. The minimum absolute atomic E-state index is 0.255. The quantitative estimate of drug-likeness (QED) is 0.710. The molecular formula is C10H9F5O. The second-order valence-corrected chi connectivity index (χ2v) is 3.50. The minimum Gasteiger partial charge on any atom is -0.406 e. The third-order valence-corrected chi connectivity index (χ3v) is 1.86. The van der Waals surface area contributed by atoms with E-state index in [2.05, 4.69) is 4.74 Å². The Bertz CT molecular complexity index is 360. The highest BCUT2D eigenvalue weighted by atomic mass is 19.4. The molecule has 0 atom stereocenters. The van der Waals surface area contributed by atoms with E-state index in [1.807, 2.05) is 0 Å². The lowest BCUT2D eigenvalue weighted by Gasteiger charge is -2.12. The molecule has 0 bridgehead atoms. The summed E-state index contributed by atoms with van der Waals surface area (Å²) in [5.41, 5.74) is -0.255. The van der Waals surface area contributed by atoms with Gasteiger partial charge < -0.3 is 4.74 Å². The van der Waals surface area contributed by atoms with Crippen molar-refractivity contribution in [3.8, 4) is 5.75 Å². The van der Waals surface area contributed by atoms with Crippen molar-refractivity contribution >= 4 is 0 Å². The van der Waals surface area contributed by atoms with Crippen LogP contribution in [0, 0.1) is 11.6 Å². The highest BCUT2D eigenvalue weighted by molar-refractivity contribution is 5.32. The van der Waals surface area contributed by atoms with Gasteiger partial charge in [-0.25, -0.2) is 8.78 Å². The molecule has 1 aromatic rings. The fraction of sp³-hybridized carbons (Fsp3) is 0.400. The van der Waals surface area contributed by atoms with Crippen LogP contribution in [0.3, 0.4) is 0 Å². The Morgan fingerprint density at radius 3 is 1.81 bits per heavy atom. The fourth-order valence-electron chi connectivity index (χ4n) is 1.31. The molecule has 0 aliphatic rings. The molecule has 0 spiro atoms. The molecule has 1 nitrogen and oxygen atoms in total. The van der Waals surface area contributed by atoms with Crippen molar-refractivity contribution in [2.75, 3.05) is 0 Å². The molecule has 0 heterocycles. The smallest absolute Gasteiger partial charge is 0.406 e. The molecule has 0 saturated carbocycles. The van der Waals surface area contributed by atoms with E-state index in [0.29, 0.717) is 12.1 Å². The van der Waals surface area contributed by atoms with Gasteiger partial charge in [0.1, 0.15) is 17.4 Å². The van der Waals surface area contributed by atoms with E-state index in [0.717, 1.165) is 0 Å². The summed E-state index contributed by atoms with van der Waals surface area (Å²) in [7, 11) is 0. The molecule has 0 aliphatic heterocycles. The average molecular weight is 240 g/mol. The summed E-state index contributed by atoms with van der Waals surface area (Å²) in [6, 6.07) is 1.04. The standard InChI is InChI=1S/C10H9F5O/c1-5(2)9-7(11)3-6(4-8(9)12)16-10(13,14)15/h3-5H,1-2H3. The van der Waals surface area contributed by atoms with Crippen molar-refractivity contribution in [3.05, 3.63) is 29.3 Å². The largest absolute Gasteiger partial charge is 0.573 e. The zero-order chi connectivity index (χ0) is 12.5. The third-order valence-electron chi connectivity index (χ3n) is 1.86. The maximum atomic E-state index is 13.2. The Balaban J connectivity index is 3.10. The van der Waals surface area contributed by atoms with Gasteiger partial charge in [-0.3, -0.25) is 0 Å². The van der Waals surface area contributed by atoms with Crippen LogP contribution in [0.15, 0.2) is 12.1 Å². The predicted molar refractivity (Wildman–Crippen MR) is 47.1 cm³/mol. The van der Waals surface area contributed by atoms with Gasteiger partial charge in [-0.1, -0.05) is 13.8 Å². The Kier molecular flexibility index (Phi) is 3.40. The molecule has 6 heteroatoms. The number of benzene rings is 1. The minimum atomic E-state index is -4.96. The van der Waals surface area contributed by atoms with Crippen molar-refractivity contribution in [1.29, 1.82) is 0 Å². The van der Waals surface area contributed by atoms with E-state index in [-0.39, 0.29) is 5.56 Å². The lowest BCUT2D eigenvalue weighted by atomic mass is 10.0. The lowest BCUT2D eigenvalue weighted by molar-refractivity contribution is -0.274. The summed E-state index contributed by atoms with van der Waals surface area (Å²) >= 11 is 0. The fourth-order valence-corrected chi connectivity index (χ4v) is 1.31. The number of rotatable bonds is 2. The first-order valence-corrected chi connectivity index (χ1v) is 4.45. The van der Waals surface area contributed by atoms with Gasteiger partial charge in [0.15, 0.2) is 0 Å². The summed E-state index contributed by atoms with van der Waals surface area (Å²) in [5, 5.41) is 0. The average Bonchev–Trinajstić information content (AvgIpc) is 1.96. The van der Waals surface area contributed by atoms with Crippen LogP contribution in [-0.4, -0.2) is 6.36 Å². The van der Waals surface area contributed by atoms with Crippen LogP contribution in [-0.2, 0) is 0 Å². The van der Waals surface area contributed by atoms with E-state index < -0.39 is 29.7 Å². The predicted octanol–water partition coefficient (Wildman–Crippen LogP) is 3.99. The molecule has 0 radical (unpaired) electrons. The van der Waals surface area contributed by atoms with Gasteiger partial charge in [0.2, 0.25) is 0 Å². The molecule has 90 valence electrons. The molecule has 0 amide bonds. The molecule has 1 aromatic carbocycles. The molecule has 16 heavy (non-hydrogen) atoms. The van der Waals surface area contributed by atoms with E-state index in [4.69, 9.17) is 0 Å². The highest BCUT2D eigenvalue weighted by Gasteiger charge is 2.32. The van der Waals surface area contributed by atoms with Gasteiger partial charge in [-0.2, -0.15) is 0 Å². The summed E-state index contributed by atoms with van der Waals surface area (Å²) in [6.45, 7) is 3.07. The summed E-state index contributed by atoms with van der Waals surface area (Å²) in [4.78, 5) is 0. The van der Waals surface area contributed by atoms with Crippen molar-refractivity contribution in [1.82, 2.24) is 0 Å². The normalized spacial score (nSPS) is 12.0. The van der Waals surface area contributed by atoms with Gasteiger partial charge >= 0.3 is 6.36 Å². The Morgan fingerprint density at radius 2 is 1.50 bits per heavy atom. The van der Waals surface area contributed by atoms with Gasteiger partial charge in [-0.15, -0.1) is 13.2 Å². The Hall–Kier alpha value is -1.33. The van der Waals surface area contributed by atoms with Crippen LogP contribution in [0.25, 0.3) is 0 Å². The molecule has 0 unspecified atom stereocenters. The zero-order valence-electron chi connectivity index (χ0n) is 8.53. The number of hydrogen-bond donors (Lipinski definition) is 0. The van der Waals surface area contributed by atoms with Crippen molar-refractivity contribution in [3.63, 3.8) is 0 Å².